The summed E-state index contributed by atoms with van der Waals surface area (Å²) in [4.78, 5) is 87.6. The monoisotopic (exact) mass is 892 g/mol. The average Bonchev–Trinajstić information content (AvgIpc) is 3.85. The number of hydrogen-bond donors (Lipinski definition) is 3. The van der Waals surface area contributed by atoms with Crippen molar-refractivity contribution in [2.45, 2.75) is 137 Å². The van der Waals surface area contributed by atoms with Crippen LogP contribution in [-0.4, -0.2) is 89.6 Å². The molecule has 0 aliphatic heterocycles. The number of imidazole rings is 3. The predicted molar refractivity (Wildman–Crippen MR) is 241 cm³/mol. The summed E-state index contributed by atoms with van der Waals surface area (Å²) < 4.78 is 80.3. The standard InChI is InChI=1S/3C14H22N4O3/c3*1-9(19)7-5-6-8-18-13(20)11-12(17(4)14(18)21)15-10(2)16(11)3/h3*9,19H,5-8H2,1-4H3/t2*9-;/m10./s1/i3*7D2,9D. The molecule has 63 heavy (non-hydrogen) atoms. The third-order valence-electron chi connectivity index (χ3n) is 10.6. The molecule has 0 spiro atoms. The van der Waals surface area contributed by atoms with Gasteiger partial charge in [-0.15, -0.1) is 0 Å². The molecule has 0 fully saturated rings. The molecular weight excluding hydrogens is 817 g/mol. The number of aliphatic hydroxyl groups is 3. The molecular formula is C42H66N12O9. The molecule has 21 heteroatoms. The summed E-state index contributed by atoms with van der Waals surface area (Å²) >= 11 is 0. The maximum atomic E-state index is 12.6. The van der Waals surface area contributed by atoms with Crippen LogP contribution in [0.5, 0.6) is 0 Å². The van der Waals surface area contributed by atoms with Crippen LogP contribution in [0.4, 0.5) is 0 Å². The first-order chi connectivity index (χ1) is 32.6. The highest BCUT2D eigenvalue weighted by molar-refractivity contribution is 5.72. The van der Waals surface area contributed by atoms with E-state index in [-0.39, 0.29) is 58.2 Å². The summed E-state index contributed by atoms with van der Waals surface area (Å²) in [5.74, 6) is 1.82. The highest BCUT2D eigenvalue weighted by Gasteiger charge is 2.19. The summed E-state index contributed by atoms with van der Waals surface area (Å²) in [6.45, 7) is 8.43. The van der Waals surface area contributed by atoms with Crippen LogP contribution in [0.3, 0.4) is 0 Å². The van der Waals surface area contributed by atoms with Crippen molar-refractivity contribution < 1.29 is 27.7 Å². The second kappa shape index (κ2) is 21.1. The van der Waals surface area contributed by atoms with Gasteiger partial charge in [0.1, 0.15) is 17.5 Å². The van der Waals surface area contributed by atoms with Crippen LogP contribution in [0.2, 0.25) is 0 Å². The van der Waals surface area contributed by atoms with Gasteiger partial charge < -0.3 is 29.0 Å². The van der Waals surface area contributed by atoms with Crippen molar-refractivity contribution in [2.75, 3.05) is 0 Å². The van der Waals surface area contributed by atoms with Gasteiger partial charge in [-0.1, -0.05) is 0 Å². The molecule has 0 aliphatic carbocycles. The number of rotatable bonds is 15. The van der Waals surface area contributed by atoms with Crippen molar-refractivity contribution in [2.24, 2.45) is 42.3 Å². The van der Waals surface area contributed by atoms with E-state index in [0.717, 1.165) is 34.5 Å². The van der Waals surface area contributed by atoms with Gasteiger partial charge in [-0.2, -0.15) is 0 Å². The van der Waals surface area contributed by atoms with E-state index in [4.69, 9.17) is 12.3 Å². The molecule has 348 valence electrons. The Hall–Kier alpha value is -5.67. The van der Waals surface area contributed by atoms with Crippen molar-refractivity contribution in [1.82, 2.24) is 56.1 Å². The molecule has 21 nitrogen and oxygen atoms in total. The minimum Gasteiger partial charge on any atom is -0.393 e. The highest BCUT2D eigenvalue weighted by atomic mass is 16.3. The zero-order valence-electron chi connectivity index (χ0n) is 47.0. The Bertz CT molecular complexity index is 3020. The SMILES string of the molecule is [2H]C(C)(O)C([2H])([2H])CCCn1c(=O)c2c(nc(C)n2C)n(C)c1=O.[2H]C([2H])(CCCn1c(=O)c2c(nc(C)n2C)n(C)c1=O)[C@@]([2H])(C)O.[2H]C([2H])(CCCn1c(=O)c2c(nc(C)n2C)n(C)c1=O)[C@]([2H])(C)O. The smallest absolute Gasteiger partial charge is 0.332 e. The average molecular weight is 892 g/mol. The Labute approximate surface area is 376 Å². The van der Waals surface area contributed by atoms with Gasteiger partial charge in [0.05, 0.1) is 22.4 Å². The minimum absolute atomic E-state index is 0.00125. The topological polar surface area (TPSA) is 246 Å². The fraction of sp³-hybridized carbons (Fsp3) is 0.643. The fourth-order valence-electron chi connectivity index (χ4n) is 6.77. The highest BCUT2D eigenvalue weighted by Crippen LogP contribution is 2.11. The molecule has 0 saturated carbocycles. The third kappa shape index (κ3) is 10.9. The Morgan fingerprint density at radius 2 is 0.667 bits per heavy atom. The van der Waals surface area contributed by atoms with Crippen molar-refractivity contribution in [1.29, 1.82) is 0 Å². The number of fused-ring (bicyclic) bond motifs is 3. The van der Waals surface area contributed by atoms with Crippen molar-refractivity contribution >= 4 is 33.5 Å². The number of aromatic nitrogens is 12. The van der Waals surface area contributed by atoms with E-state index in [1.54, 1.807) is 55.6 Å². The molecule has 3 N–H and O–H groups in total. The van der Waals surface area contributed by atoms with Crippen LogP contribution in [0.25, 0.3) is 33.5 Å². The maximum absolute atomic E-state index is 12.6. The molecule has 0 radical (unpaired) electrons. The molecule has 6 aromatic rings. The zero-order chi connectivity index (χ0) is 55.3. The fourth-order valence-corrected chi connectivity index (χ4v) is 6.77. The van der Waals surface area contributed by atoms with Crippen molar-refractivity contribution in [3.8, 4) is 0 Å². The van der Waals surface area contributed by atoms with Gasteiger partial charge in [0.2, 0.25) is 0 Å². The van der Waals surface area contributed by atoms with E-state index in [2.05, 4.69) is 15.0 Å². The van der Waals surface area contributed by atoms with Crippen LogP contribution >= 0.6 is 0 Å². The lowest BCUT2D eigenvalue weighted by Gasteiger charge is -2.09. The molecule has 6 rings (SSSR count). The molecule has 0 saturated heterocycles. The maximum Gasteiger partial charge on any atom is 0.332 e. The van der Waals surface area contributed by atoms with Gasteiger partial charge in [-0.05, 0) is 99.2 Å². The van der Waals surface area contributed by atoms with Crippen LogP contribution < -0.4 is 33.7 Å². The van der Waals surface area contributed by atoms with Gasteiger partial charge >= 0.3 is 17.1 Å². The third-order valence-corrected chi connectivity index (χ3v) is 10.6. The van der Waals surface area contributed by atoms with Gasteiger partial charge in [-0.3, -0.25) is 41.8 Å². The predicted octanol–water partition coefficient (Wildman–Crippen LogP) is 0.880. The molecule has 6 heterocycles. The Kier molecular flexibility index (Phi) is 12.7. The Balaban J connectivity index is 0.000000234. The van der Waals surface area contributed by atoms with Gasteiger partial charge in [-0.25, -0.2) is 29.3 Å². The van der Waals surface area contributed by atoms with Crippen LogP contribution in [-0.2, 0) is 61.9 Å². The van der Waals surface area contributed by atoms with E-state index >= 15 is 0 Å². The van der Waals surface area contributed by atoms with Crippen LogP contribution in [0.1, 0.15) is 108 Å². The van der Waals surface area contributed by atoms with Crippen LogP contribution in [0, 0.1) is 20.8 Å². The van der Waals surface area contributed by atoms with E-state index < -0.39 is 71.1 Å². The first-order valence-corrected chi connectivity index (χ1v) is 20.2. The van der Waals surface area contributed by atoms with E-state index in [0.29, 0.717) is 51.0 Å². The van der Waals surface area contributed by atoms with Crippen LogP contribution in [0.15, 0.2) is 28.8 Å². The lowest BCUT2D eigenvalue weighted by Crippen LogP contribution is -2.39. The summed E-state index contributed by atoms with van der Waals surface area (Å²) in [5, 5.41) is 28.6. The van der Waals surface area contributed by atoms with Gasteiger partial charge in [0.25, 0.3) is 16.7 Å². The Morgan fingerprint density at radius 1 is 0.444 bits per heavy atom. The minimum atomic E-state index is -2.24. The number of nitrogens with zero attached hydrogens (tertiary/aromatic N) is 12. The molecule has 0 aliphatic rings. The Morgan fingerprint density at radius 3 is 0.873 bits per heavy atom. The molecule has 1 unspecified atom stereocenters. The largest absolute Gasteiger partial charge is 0.393 e. The van der Waals surface area contributed by atoms with Crippen molar-refractivity contribution in [3.63, 3.8) is 0 Å². The first kappa shape index (κ1) is 37.8. The number of hydrogen-bond acceptors (Lipinski definition) is 12. The summed E-state index contributed by atoms with van der Waals surface area (Å²) in [7, 11) is 9.66. The summed E-state index contributed by atoms with van der Waals surface area (Å²) in [6, 6.07) is 0. The van der Waals surface area contributed by atoms with E-state index in [1.165, 1.54) is 34.8 Å². The normalized spacial score (nSPS) is 17.3. The lowest BCUT2D eigenvalue weighted by molar-refractivity contribution is 0.179. The quantitative estimate of drug-likeness (QED) is 0.130. The van der Waals surface area contributed by atoms with Crippen molar-refractivity contribution in [3.05, 3.63) is 80.0 Å². The first-order valence-electron chi connectivity index (χ1n) is 24.7. The lowest BCUT2D eigenvalue weighted by atomic mass is 10.2. The molecule has 0 bridgehead atoms. The zero-order valence-corrected chi connectivity index (χ0v) is 38.0. The summed E-state index contributed by atoms with van der Waals surface area (Å²) in [5.41, 5.74) is -1.14. The summed E-state index contributed by atoms with van der Waals surface area (Å²) in [6.07, 6.45) is -13.2. The number of aryl methyl sites for hydroxylation is 9. The molecule has 3 atom stereocenters. The molecule has 6 aromatic heterocycles. The second-order valence-electron chi connectivity index (χ2n) is 15.2. The van der Waals surface area contributed by atoms with Gasteiger partial charge in [0, 0.05) is 70.1 Å². The molecule has 0 aromatic carbocycles. The van der Waals surface area contributed by atoms with E-state index in [1.807, 2.05) is 0 Å². The van der Waals surface area contributed by atoms with Gasteiger partial charge in [0.15, 0.2) is 33.5 Å². The van der Waals surface area contributed by atoms with E-state index in [9.17, 15) is 44.1 Å². The molecule has 0 amide bonds. The second-order valence-corrected chi connectivity index (χ2v) is 15.2.